The van der Waals surface area contributed by atoms with Gasteiger partial charge < -0.3 is 0 Å². The van der Waals surface area contributed by atoms with Gasteiger partial charge in [0.25, 0.3) is 5.56 Å². The second-order valence-electron chi connectivity index (χ2n) is 3.30. The van der Waals surface area contributed by atoms with Gasteiger partial charge in [0.1, 0.15) is 0 Å². The summed E-state index contributed by atoms with van der Waals surface area (Å²) < 4.78 is 0. The fourth-order valence-electron chi connectivity index (χ4n) is 1.59. The van der Waals surface area contributed by atoms with Gasteiger partial charge in [0, 0.05) is 5.39 Å². The minimum atomic E-state index is -0.189. The molecular weight excluding hydrogens is 190 g/mol. The number of nitrogens with zero attached hydrogens (tertiary/aromatic N) is 2. The molecule has 0 atom stereocenters. The summed E-state index contributed by atoms with van der Waals surface area (Å²) in [5, 5.41) is 7.70. The molecule has 0 saturated heterocycles. The van der Waals surface area contributed by atoms with E-state index < -0.39 is 0 Å². The quantitative estimate of drug-likeness (QED) is 0.593. The van der Waals surface area contributed by atoms with Gasteiger partial charge in [-0.3, -0.25) is 4.79 Å². The second kappa shape index (κ2) is 2.88. The predicted octanol–water partition coefficient (Wildman–Crippen LogP) is 1.47. The number of aromatic nitrogens is 3. The predicted molar refractivity (Wildman–Crippen MR) is 57.7 cm³/mol. The van der Waals surface area contributed by atoms with E-state index in [1.165, 1.54) is 0 Å². The third-order valence-electron chi connectivity index (χ3n) is 2.32. The van der Waals surface area contributed by atoms with E-state index >= 15 is 0 Å². The maximum atomic E-state index is 11.3. The van der Waals surface area contributed by atoms with Crippen LogP contribution in [0.25, 0.3) is 21.9 Å². The van der Waals surface area contributed by atoms with Gasteiger partial charge >= 0.3 is 0 Å². The smallest absolute Gasteiger partial charge is 0.267 e. The summed E-state index contributed by atoms with van der Waals surface area (Å²) in [6.45, 7) is 0. The first-order valence-electron chi connectivity index (χ1n) is 4.59. The van der Waals surface area contributed by atoms with Crippen LogP contribution >= 0.6 is 0 Å². The first-order chi connectivity index (χ1) is 7.34. The molecule has 1 N–H and O–H groups in total. The van der Waals surface area contributed by atoms with E-state index in [1.54, 1.807) is 0 Å². The van der Waals surface area contributed by atoms with Crippen LogP contribution in [0, 0.1) is 0 Å². The van der Waals surface area contributed by atoms with Crippen LogP contribution < -0.4 is 5.56 Å². The Labute approximate surface area is 84.6 Å². The fraction of sp³-hybridized carbons (Fsp3) is 0. The molecule has 4 nitrogen and oxygen atoms in total. The number of aromatic amines is 1. The molecule has 0 radical (unpaired) electrons. The van der Waals surface area contributed by atoms with Crippen molar-refractivity contribution in [2.75, 3.05) is 0 Å². The lowest BCUT2D eigenvalue weighted by atomic mass is 10.2. The van der Waals surface area contributed by atoms with Crippen molar-refractivity contribution in [2.45, 2.75) is 0 Å². The molecule has 0 bridgehead atoms. The molecule has 0 aliphatic heterocycles. The van der Waals surface area contributed by atoms with Crippen LogP contribution in [0.1, 0.15) is 0 Å². The zero-order chi connectivity index (χ0) is 10.3. The number of rotatable bonds is 0. The van der Waals surface area contributed by atoms with Gasteiger partial charge in [-0.25, -0.2) is 10.1 Å². The highest BCUT2D eigenvalue weighted by Gasteiger charge is 2.04. The zero-order valence-electron chi connectivity index (χ0n) is 7.77. The van der Waals surface area contributed by atoms with E-state index in [0.717, 1.165) is 10.9 Å². The third kappa shape index (κ3) is 1.19. The molecule has 0 fully saturated rings. The van der Waals surface area contributed by atoms with Crippen LogP contribution in [0.15, 0.2) is 41.2 Å². The second-order valence-corrected chi connectivity index (χ2v) is 3.30. The molecule has 3 aromatic rings. The van der Waals surface area contributed by atoms with Gasteiger partial charge in [0.05, 0.1) is 10.9 Å². The van der Waals surface area contributed by atoms with E-state index in [2.05, 4.69) is 15.2 Å². The molecule has 0 unspecified atom stereocenters. The normalized spacial score (nSPS) is 10.9. The SMILES string of the molecule is O=c1[nH]nc2nc3cccccc3cc12. The van der Waals surface area contributed by atoms with Crippen molar-refractivity contribution < 1.29 is 0 Å². The van der Waals surface area contributed by atoms with Crippen molar-refractivity contribution in [3.8, 4) is 0 Å². The molecule has 0 saturated carbocycles. The van der Waals surface area contributed by atoms with Crippen LogP contribution in [0.2, 0.25) is 0 Å². The summed E-state index contributed by atoms with van der Waals surface area (Å²) in [7, 11) is 0. The van der Waals surface area contributed by atoms with Crippen LogP contribution in [-0.2, 0) is 0 Å². The molecule has 0 aliphatic carbocycles. The number of fused-ring (bicyclic) bond motifs is 2. The van der Waals surface area contributed by atoms with Crippen LogP contribution in [0.4, 0.5) is 0 Å². The number of nitrogens with one attached hydrogen (secondary N) is 1. The van der Waals surface area contributed by atoms with Crippen molar-refractivity contribution in [1.82, 2.24) is 15.2 Å². The van der Waals surface area contributed by atoms with Crippen molar-refractivity contribution in [2.24, 2.45) is 0 Å². The van der Waals surface area contributed by atoms with Gasteiger partial charge in [-0.2, -0.15) is 5.10 Å². The highest BCUT2D eigenvalue weighted by molar-refractivity contribution is 5.90. The Morgan fingerprint density at radius 1 is 1.13 bits per heavy atom. The average Bonchev–Trinajstić information content (AvgIpc) is 2.49. The molecule has 72 valence electrons. The van der Waals surface area contributed by atoms with E-state index in [-0.39, 0.29) is 5.56 Å². The van der Waals surface area contributed by atoms with Gasteiger partial charge in [-0.05, 0) is 12.1 Å². The third-order valence-corrected chi connectivity index (χ3v) is 2.32. The lowest BCUT2D eigenvalue weighted by molar-refractivity contribution is 1.07. The topological polar surface area (TPSA) is 58.6 Å². The Morgan fingerprint density at radius 2 is 2.00 bits per heavy atom. The Hall–Kier alpha value is -2.23. The molecule has 0 amide bonds. The largest absolute Gasteiger partial charge is 0.275 e. The lowest BCUT2D eigenvalue weighted by Gasteiger charge is -1.90. The maximum absolute atomic E-state index is 11.3. The fourth-order valence-corrected chi connectivity index (χ4v) is 1.59. The molecular formula is C11H7N3O. The minimum Gasteiger partial charge on any atom is -0.267 e. The van der Waals surface area contributed by atoms with E-state index in [9.17, 15) is 4.79 Å². The monoisotopic (exact) mass is 197 g/mol. The molecule has 3 rings (SSSR count). The molecule has 0 spiro atoms. The highest BCUT2D eigenvalue weighted by atomic mass is 16.1. The molecule has 15 heavy (non-hydrogen) atoms. The van der Waals surface area contributed by atoms with E-state index in [0.29, 0.717) is 11.0 Å². The molecule has 4 heteroatoms. The van der Waals surface area contributed by atoms with Gasteiger partial charge in [-0.15, -0.1) is 0 Å². The zero-order valence-corrected chi connectivity index (χ0v) is 7.77. The minimum absolute atomic E-state index is 0.189. The van der Waals surface area contributed by atoms with Gasteiger partial charge in [-0.1, -0.05) is 24.3 Å². The van der Waals surface area contributed by atoms with Crippen LogP contribution in [0.5, 0.6) is 0 Å². The maximum Gasteiger partial charge on any atom is 0.275 e. The Bertz CT molecular complexity index is 703. The molecule has 2 heterocycles. The van der Waals surface area contributed by atoms with Gasteiger partial charge in [0.15, 0.2) is 5.65 Å². The Kier molecular flexibility index (Phi) is 1.56. The first-order valence-corrected chi connectivity index (χ1v) is 4.59. The summed E-state index contributed by atoms with van der Waals surface area (Å²) in [5.74, 6) is 0. The summed E-state index contributed by atoms with van der Waals surface area (Å²) >= 11 is 0. The summed E-state index contributed by atoms with van der Waals surface area (Å²) in [6.07, 6.45) is 0. The summed E-state index contributed by atoms with van der Waals surface area (Å²) in [6, 6.07) is 11.4. The highest BCUT2D eigenvalue weighted by Crippen LogP contribution is 2.13. The van der Waals surface area contributed by atoms with Gasteiger partial charge in [0.2, 0.25) is 0 Å². The Morgan fingerprint density at radius 3 is 2.93 bits per heavy atom. The first kappa shape index (κ1) is 8.11. The number of hydrogen-bond acceptors (Lipinski definition) is 3. The van der Waals surface area contributed by atoms with Crippen molar-refractivity contribution in [1.29, 1.82) is 0 Å². The number of hydrogen-bond donors (Lipinski definition) is 1. The van der Waals surface area contributed by atoms with Crippen molar-refractivity contribution in [3.05, 3.63) is 46.8 Å². The number of H-pyrrole nitrogens is 1. The summed E-state index contributed by atoms with van der Waals surface area (Å²) in [5.41, 5.74) is 1.11. The number of pyridine rings is 1. The van der Waals surface area contributed by atoms with E-state index in [1.807, 2.05) is 36.4 Å². The lowest BCUT2D eigenvalue weighted by Crippen LogP contribution is -1.97. The average molecular weight is 197 g/mol. The molecule has 0 aliphatic rings. The Balaban J connectivity index is 2.59. The summed E-state index contributed by atoms with van der Waals surface area (Å²) in [4.78, 5) is 15.6. The van der Waals surface area contributed by atoms with Crippen LogP contribution in [0.3, 0.4) is 0 Å². The van der Waals surface area contributed by atoms with Crippen molar-refractivity contribution in [3.63, 3.8) is 0 Å². The van der Waals surface area contributed by atoms with Crippen LogP contribution in [-0.4, -0.2) is 15.2 Å². The standard InChI is InChI=1S/C11H7N3O/c15-11-8-6-7-4-2-1-3-5-9(7)12-10(8)13-14-11/h1-6H,(H,14,15). The van der Waals surface area contributed by atoms with E-state index in [4.69, 9.17) is 0 Å². The molecule has 1 aromatic carbocycles. The van der Waals surface area contributed by atoms with Crippen molar-refractivity contribution >= 4 is 21.9 Å². The molecule has 2 aromatic heterocycles.